The Morgan fingerprint density at radius 2 is 1.06 bits per heavy atom. The van der Waals surface area contributed by atoms with Crippen LogP contribution in [-0.4, -0.2) is 34.4 Å². The molecule has 0 saturated carbocycles. The molecular formula is C57H70N2O8. The van der Waals surface area contributed by atoms with Crippen molar-refractivity contribution in [1.29, 1.82) is 0 Å². The van der Waals surface area contributed by atoms with E-state index >= 15 is 0 Å². The topological polar surface area (TPSA) is 157 Å². The fourth-order valence-electron chi connectivity index (χ4n) is 8.68. The van der Waals surface area contributed by atoms with Crippen LogP contribution < -0.4 is 20.5 Å². The van der Waals surface area contributed by atoms with Gasteiger partial charge in [-0.2, -0.15) is 0 Å². The number of carbonyl (C=O) groups is 3. The Hall–Kier alpha value is -6.29. The number of unbranched alkanes of at least 4 members (excludes halogenated alkanes) is 11. The lowest BCUT2D eigenvalue weighted by atomic mass is 9.81. The molecule has 1 atom stereocenters. The van der Waals surface area contributed by atoms with E-state index in [9.17, 15) is 24.6 Å². The zero-order chi connectivity index (χ0) is 47.7. The molecule has 6 rings (SSSR count). The molecule has 0 amide bonds. The van der Waals surface area contributed by atoms with Gasteiger partial charge in [-0.25, -0.2) is 4.79 Å². The number of phenolic OH excluding ortho intramolecular Hbond substituents is 2. The van der Waals surface area contributed by atoms with Crippen molar-refractivity contribution < 1.29 is 38.8 Å². The van der Waals surface area contributed by atoms with E-state index in [4.69, 9.17) is 19.9 Å². The molecule has 0 heterocycles. The fraction of sp³-hybridized carbons (Fsp3) is 0.421. The lowest BCUT2D eigenvalue weighted by molar-refractivity contribution is 0.0428. The van der Waals surface area contributed by atoms with E-state index in [2.05, 4.69) is 33.0 Å². The third-order valence-electron chi connectivity index (χ3n) is 12.8. The smallest absolute Gasteiger partial charge is 0.338 e. The van der Waals surface area contributed by atoms with Gasteiger partial charge in [0.25, 0.3) is 0 Å². The number of anilines is 3. The summed E-state index contributed by atoms with van der Waals surface area (Å²) in [6.07, 6.45) is 20.4. The Labute approximate surface area is 397 Å². The van der Waals surface area contributed by atoms with Gasteiger partial charge in [0, 0.05) is 23.5 Å². The number of nitrogen functional groups attached to an aromatic ring is 1. The molecule has 5 N–H and O–H groups in total. The third-order valence-corrected chi connectivity index (χ3v) is 12.8. The highest BCUT2D eigenvalue weighted by atomic mass is 16.5. The molecule has 1 aliphatic rings. The standard InChI is InChI=1S/C57H70N2O8/c1-5-9-12-14-16-18-21-39-23-31-43(32-24-39)66-47-35-45(58)49-51(53(47)60)56(63)50-46(59-42-29-27-41(28-30-42)57(64)65-37-38(8-4)20-11-7-3)36-48(54(61)52(50)55(49)62)67-44-33-25-40(26-34-44)22-19-17-15-13-10-6-2/h23-36,38,59-61H,5-22,37,58H2,1-4H3. The number of nitrogens with two attached hydrogens (primary N) is 1. The summed E-state index contributed by atoms with van der Waals surface area (Å²) in [5.74, 6) is -2.13. The van der Waals surface area contributed by atoms with Crippen LogP contribution in [0, 0.1) is 5.92 Å². The summed E-state index contributed by atoms with van der Waals surface area (Å²) in [5, 5.41) is 26.8. The van der Waals surface area contributed by atoms with Gasteiger partial charge in [0.1, 0.15) is 11.5 Å². The van der Waals surface area contributed by atoms with Gasteiger partial charge in [0.15, 0.2) is 23.0 Å². The monoisotopic (exact) mass is 911 g/mol. The second-order valence-corrected chi connectivity index (χ2v) is 18.0. The van der Waals surface area contributed by atoms with Gasteiger partial charge in [-0.15, -0.1) is 0 Å². The molecule has 0 aliphatic heterocycles. The van der Waals surface area contributed by atoms with Gasteiger partial charge < -0.3 is 35.5 Å². The maximum absolute atomic E-state index is 14.8. The average Bonchev–Trinajstić information content (AvgIpc) is 3.33. The van der Waals surface area contributed by atoms with Gasteiger partial charge in [0.2, 0.25) is 11.6 Å². The molecule has 10 nitrogen and oxygen atoms in total. The molecule has 356 valence electrons. The maximum Gasteiger partial charge on any atom is 0.338 e. The van der Waals surface area contributed by atoms with E-state index in [0.29, 0.717) is 35.3 Å². The summed E-state index contributed by atoms with van der Waals surface area (Å²) in [6, 6.07) is 24.5. The molecule has 1 aliphatic carbocycles. The summed E-state index contributed by atoms with van der Waals surface area (Å²) in [6.45, 7) is 9.00. The van der Waals surface area contributed by atoms with Crippen molar-refractivity contribution in [3.63, 3.8) is 0 Å². The molecule has 0 aromatic heterocycles. The van der Waals surface area contributed by atoms with Crippen molar-refractivity contribution in [2.45, 2.75) is 143 Å². The SMILES string of the molecule is CCCCCCCCc1ccc(Oc2cc(N)c3c(c2O)C(=O)c2c(Nc4ccc(C(=O)OCC(CC)CCCC)cc4)cc(Oc4ccc(CCCCCCCC)cc4)c(O)c2C3=O)cc1. The summed E-state index contributed by atoms with van der Waals surface area (Å²) in [4.78, 5) is 42.4. The first-order chi connectivity index (χ1) is 32.6. The highest BCUT2D eigenvalue weighted by molar-refractivity contribution is 6.34. The number of hydrogen-bond donors (Lipinski definition) is 4. The van der Waals surface area contributed by atoms with E-state index < -0.39 is 29.0 Å². The number of nitrogens with one attached hydrogen (secondary N) is 1. The van der Waals surface area contributed by atoms with Crippen LogP contribution in [0.2, 0.25) is 0 Å². The zero-order valence-electron chi connectivity index (χ0n) is 40.0. The molecule has 5 aromatic carbocycles. The number of benzene rings is 5. The number of aromatic hydroxyl groups is 2. The van der Waals surface area contributed by atoms with E-state index in [1.807, 2.05) is 36.4 Å². The molecule has 67 heavy (non-hydrogen) atoms. The molecule has 0 fully saturated rings. The fourth-order valence-corrected chi connectivity index (χ4v) is 8.68. The van der Waals surface area contributed by atoms with Crippen molar-refractivity contribution in [2.24, 2.45) is 5.92 Å². The minimum Gasteiger partial charge on any atom is -0.504 e. The normalized spacial score (nSPS) is 12.4. The lowest BCUT2D eigenvalue weighted by Gasteiger charge is -2.25. The van der Waals surface area contributed by atoms with Crippen LogP contribution in [0.15, 0.2) is 84.9 Å². The molecule has 0 spiro atoms. The van der Waals surface area contributed by atoms with Gasteiger partial charge in [-0.05, 0) is 97.7 Å². The largest absolute Gasteiger partial charge is 0.504 e. The predicted molar refractivity (Wildman–Crippen MR) is 268 cm³/mol. The Kier molecular flexibility index (Phi) is 18.7. The number of rotatable bonds is 27. The molecule has 0 saturated heterocycles. The number of esters is 1. The first-order valence-electron chi connectivity index (χ1n) is 24.8. The highest BCUT2D eigenvalue weighted by Crippen LogP contribution is 2.50. The number of phenols is 2. The van der Waals surface area contributed by atoms with Crippen LogP contribution in [-0.2, 0) is 17.6 Å². The number of ether oxygens (including phenoxy) is 3. The molecule has 0 radical (unpaired) electrons. The van der Waals surface area contributed by atoms with E-state index in [-0.39, 0.29) is 45.1 Å². The quantitative estimate of drug-likeness (QED) is 0.0170. The molecule has 5 aromatic rings. The lowest BCUT2D eigenvalue weighted by Crippen LogP contribution is -2.24. The molecule has 1 unspecified atom stereocenters. The van der Waals surface area contributed by atoms with Crippen molar-refractivity contribution in [3.05, 3.63) is 124 Å². The number of aryl methyl sites for hydroxylation is 2. The first kappa shape index (κ1) is 50.1. The highest BCUT2D eigenvalue weighted by Gasteiger charge is 2.40. The van der Waals surface area contributed by atoms with Gasteiger partial charge in [0.05, 0.1) is 40.1 Å². The Morgan fingerprint density at radius 1 is 0.582 bits per heavy atom. The van der Waals surface area contributed by atoms with E-state index in [1.165, 1.54) is 76.3 Å². The summed E-state index contributed by atoms with van der Waals surface area (Å²) in [5.41, 5.74) is 8.57. The van der Waals surface area contributed by atoms with Gasteiger partial charge in [-0.1, -0.05) is 135 Å². The van der Waals surface area contributed by atoms with Crippen molar-refractivity contribution >= 4 is 34.6 Å². The average molecular weight is 911 g/mol. The van der Waals surface area contributed by atoms with E-state index in [1.54, 1.807) is 36.4 Å². The minimum absolute atomic E-state index is 0.0778. The molecule has 0 bridgehead atoms. The number of carbonyl (C=O) groups excluding carboxylic acids is 3. The maximum atomic E-state index is 14.8. The van der Waals surface area contributed by atoms with Crippen LogP contribution in [0.5, 0.6) is 34.5 Å². The Balaban J connectivity index is 1.28. The van der Waals surface area contributed by atoms with Crippen LogP contribution in [0.25, 0.3) is 0 Å². The summed E-state index contributed by atoms with van der Waals surface area (Å²) < 4.78 is 18.0. The number of hydrogen-bond acceptors (Lipinski definition) is 10. The second kappa shape index (κ2) is 25.0. The van der Waals surface area contributed by atoms with Gasteiger partial charge in [-0.3, -0.25) is 9.59 Å². The van der Waals surface area contributed by atoms with Crippen LogP contribution in [0.3, 0.4) is 0 Å². The zero-order valence-corrected chi connectivity index (χ0v) is 40.0. The van der Waals surface area contributed by atoms with Crippen molar-refractivity contribution in [1.82, 2.24) is 0 Å². The van der Waals surface area contributed by atoms with Crippen LogP contribution in [0.1, 0.15) is 184 Å². The minimum atomic E-state index is -0.773. The Morgan fingerprint density at radius 3 is 1.58 bits per heavy atom. The number of fused-ring (bicyclic) bond motifs is 2. The van der Waals surface area contributed by atoms with E-state index in [0.717, 1.165) is 62.5 Å². The molecule has 10 heteroatoms. The summed E-state index contributed by atoms with van der Waals surface area (Å²) >= 11 is 0. The van der Waals surface area contributed by atoms with Crippen LogP contribution in [0.4, 0.5) is 17.1 Å². The van der Waals surface area contributed by atoms with Crippen molar-refractivity contribution in [2.75, 3.05) is 17.7 Å². The first-order valence-corrected chi connectivity index (χ1v) is 24.8. The van der Waals surface area contributed by atoms with Crippen molar-refractivity contribution in [3.8, 4) is 34.5 Å². The summed E-state index contributed by atoms with van der Waals surface area (Å²) in [7, 11) is 0. The van der Waals surface area contributed by atoms with Crippen LogP contribution >= 0.6 is 0 Å². The predicted octanol–water partition coefficient (Wildman–Crippen LogP) is 15.0. The molecular weight excluding hydrogens is 841 g/mol. The number of ketones is 2. The second-order valence-electron chi connectivity index (χ2n) is 18.0. The van der Waals surface area contributed by atoms with Gasteiger partial charge >= 0.3 is 5.97 Å². The third kappa shape index (κ3) is 13.2. The Bertz CT molecular complexity index is 2430.